The van der Waals surface area contributed by atoms with Gasteiger partial charge in [0.2, 0.25) is 0 Å². The second kappa shape index (κ2) is 11.7. The van der Waals surface area contributed by atoms with Crippen molar-refractivity contribution in [2.75, 3.05) is 0 Å². The molecule has 2 aliphatic rings. The Morgan fingerprint density at radius 3 is 2.18 bits per heavy atom. The summed E-state index contributed by atoms with van der Waals surface area (Å²) < 4.78 is 77.7. The van der Waals surface area contributed by atoms with E-state index in [4.69, 9.17) is 0 Å². The second-order valence-corrected chi connectivity index (χ2v) is 12.5. The number of aliphatic hydroxyl groups is 3. The van der Waals surface area contributed by atoms with E-state index in [9.17, 15) is 41.7 Å². The number of aliphatic hydroxyl groups excluding tert-OH is 2. The molecule has 0 heterocycles. The van der Waals surface area contributed by atoms with E-state index in [0.29, 0.717) is 18.4 Å². The smallest absolute Gasteiger partial charge is 0.393 e. The molecule has 9 heteroatoms. The topological polar surface area (TPSA) is 60.7 Å². The van der Waals surface area contributed by atoms with Crippen molar-refractivity contribution in [2.45, 2.75) is 116 Å². The molecular formula is C29H44F6O3. The van der Waals surface area contributed by atoms with Gasteiger partial charge in [0.05, 0.1) is 12.2 Å². The highest BCUT2D eigenvalue weighted by Gasteiger charge is 2.69. The van der Waals surface area contributed by atoms with Crippen LogP contribution in [0, 0.1) is 28.6 Å². The molecule has 6 atom stereocenters. The molecule has 2 fully saturated rings. The molecule has 0 spiro atoms. The molecule has 0 saturated heterocycles. The van der Waals surface area contributed by atoms with Gasteiger partial charge in [-0.3, -0.25) is 0 Å². The van der Waals surface area contributed by atoms with E-state index in [1.54, 1.807) is 0 Å². The van der Waals surface area contributed by atoms with Crippen LogP contribution in [0.25, 0.3) is 0 Å². The molecular weight excluding hydrogens is 510 g/mol. The maximum atomic E-state index is 13.0. The summed E-state index contributed by atoms with van der Waals surface area (Å²) in [7, 11) is 0. The molecule has 0 bridgehead atoms. The van der Waals surface area contributed by atoms with Crippen molar-refractivity contribution in [3.63, 3.8) is 0 Å². The number of alkyl halides is 6. The second-order valence-electron chi connectivity index (χ2n) is 12.5. The Balaban J connectivity index is 2.01. The van der Waals surface area contributed by atoms with Crippen molar-refractivity contribution in [3.05, 3.63) is 36.0 Å². The lowest BCUT2D eigenvalue weighted by molar-refractivity contribution is -0.370. The van der Waals surface area contributed by atoms with Gasteiger partial charge in [0.15, 0.2) is 0 Å². The summed E-state index contributed by atoms with van der Waals surface area (Å²) in [4.78, 5) is 0. The summed E-state index contributed by atoms with van der Waals surface area (Å²) in [6.07, 6.45) is -5.23. The molecule has 38 heavy (non-hydrogen) atoms. The molecule has 3 N–H and O–H groups in total. The van der Waals surface area contributed by atoms with E-state index < -0.39 is 36.6 Å². The van der Waals surface area contributed by atoms with Gasteiger partial charge in [-0.2, -0.15) is 26.3 Å². The molecule has 220 valence electrons. The first-order valence-electron chi connectivity index (χ1n) is 13.5. The van der Waals surface area contributed by atoms with Crippen LogP contribution in [0.5, 0.6) is 0 Å². The minimum atomic E-state index is -5.77. The zero-order chi connectivity index (χ0) is 29.3. The van der Waals surface area contributed by atoms with Crippen molar-refractivity contribution < 1.29 is 41.7 Å². The fraction of sp³-hybridized carbons (Fsp3) is 0.793. The van der Waals surface area contributed by atoms with Crippen LogP contribution >= 0.6 is 0 Å². The monoisotopic (exact) mass is 554 g/mol. The third-order valence-corrected chi connectivity index (χ3v) is 9.80. The van der Waals surface area contributed by atoms with E-state index in [1.807, 2.05) is 19.1 Å². The maximum Gasteiger partial charge on any atom is 0.426 e. The Kier molecular flexibility index (Phi) is 10.1. The lowest BCUT2D eigenvalue weighted by atomic mass is 9.58. The molecule has 1 unspecified atom stereocenters. The zero-order valence-electron chi connectivity index (χ0n) is 23.1. The van der Waals surface area contributed by atoms with Crippen LogP contribution in [-0.2, 0) is 0 Å². The van der Waals surface area contributed by atoms with E-state index in [1.165, 1.54) is 0 Å². The quantitative estimate of drug-likeness (QED) is 0.256. The lowest BCUT2D eigenvalue weighted by Gasteiger charge is -2.46. The van der Waals surface area contributed by atoms with Crippen LogP contribution in [0.3, 0.4) is 0 Å². The third-order valence-electron chi connectivity index (χ3n) is 9.80. The van der Waals surface area contributed by atoms with Crippen LogP contribution < -0.4 is 0 Å². The zero-order valence-corrected chi connectivity index (χ0v) is 23.1. The number of halogens is 6. The molecule has 2 rings (SSSR count). The largest absolute Gasteiger partial charge is 0.426 e. The summed E-state index contributed by atoms with van der Waals surface area (Å²) in [5.74, 6) is 0.331. The van der Waals surface area contributed by atoms with Crippen LogP contribution in [-0.4, -0.2) is 45.5 Å². The van der Waals surface area contributed by atoms with Crippen LogP contribution in [0.4, 0.5) is 26.3 Å². The van der Waals surface area contributed by atoms with Gasteiger partial charge in [0.25, 0.3) is 5.60 Å². The molecule has 2 saturated carbocycles. The van der Waals surface area contributed by atoms with Crippen molar-refractivity contribution in [2.24, 2.45) is 28.6 Å². The predicted octanol–water partition coefficient (Wildman–Crippen LogP) is 7.67. The fourth-order valence-corrected chi connectivity index (χ4v) is 6.48. The van der Waals surface area contributed by atoms with Crippen LogP contribution in [0.15, 0.2) is 36.0 Å². The average Bonchev–Trinajstić information content (AvgIpc) is 2.99. The van der Waals surface area contributed by atoms with Crippen LogP contribution in [0.1, 0.15) is 86.0 Å². The Morgan fingerprint density at radius 1 is 1.05 bits per heavy atom. The summed E-state index contributed by atoms with van der Waals surface area (Å²) >= 11 is 0. The minimum Gasteiger partial charge on any atom is -0.393 e. The standard InChI is InChI=1S/C29H44F6O3/c1-18(9-8-13-27(38,28(30,31)32)29(33,34)35)15-19(2)26(6)14-12-22(25(26,4)5)11-7-10-21-16-23(36)17-24(37)20(21)3/h7,10-11,18-19,22-24,36-38H,3,8-9,12-17H2,1-2,4-6H3/b11-7+,21-10-/t18?,19-,22+,23+,24-,26+/m0/s1. The van der Waals surface area contributed by atoms with Gasteiger partial charge in [-0.25, -0.2) is 0 Å². The Labute approximate surface area is 222 Å². The Morgan fingerprint density at radius 2 is 1.63 bits per heavy atom. The van der Waals surface area contributed by atoms with Gasteiger partial charge in [-0.05, 0) is 78.3 Å². The van der Waals surface area contributed by atoms with Crippen LogP contribution in [0.2, 0.25) is 0 Å². The SMILES string of the molecule is C=C1/C(=C\C=C\[C@@H]2CC[C@](C)([C@@H](C)CC(C)CCCC(O)(C(F)(F)F)C(F)(F)F)C2(C)C)C[C@@H](O)C[C@@H]1O. The Hall–Kier alpha value is -1.32. The first kappa shape index (κ1) is 32.9. The van der Waals surface area contributed by atoms with Gasteiger partial charge in [0.1, 0.15) is 0 Å². The van der Waals surface area contributed by atoms with Crippen molar-refractivity contribution in [3.8, 4) is 0 Å². The molecule has 2 aliphatic carbocycles. The molecule has 0 amide bonds. The number of allylic oxidation sites excluding steroid dienone is 3. The Bertz CT molecular complexity index is 874. The molecule has 0 aromatic heterocycles. The first-order chi connectivity index (χ1) is 17.2. The number of rotatable bonds is 9. The highest BCUT2D eigenvalue weighted by Crippen LogP contribution is 2.61. The molecule has 0 radical (unpaired) electrons. The lowest BCUT2D eigenvalue weighted by Crippen LogP contribution is -2.56. The summed E-state index contributed by atoms with van der Waals surface area (Å²) in [5, 5.41) is 29.4. The molecule has 0 aliphatic heterocycles. The fourth-order valence-electron chi connectivity index (χ4n) is 6.48. The molecule has 0 aromatic carbocycles. The normalized spacial score (nSPS) is 31.8. The average molecular weight is 555 g/mol. The molecule has 0 aromatic rings. The van der Waals surface area contributed by atoms with Gasteiger partial charge in [-0.1, -0.05) is 65.8 Å². The van der Waals surface area contributed by atoms with Gasteiger partial charge in [0, 0.05) is 6.42 Å². The number of hydrogen-bond donors (Lipinski definition) is 3. The summed E-state index contributed by atoms with van der Waals surface area (Å²) in [6, 6.07) is 0. The highest BCUT2D eigenvalue weighted by molar-refractivity contribution is 5.37. The van der Waals surface area contributed by atoms with Gasteiger partial charge >= 0.3 is 12.4 Å². The predicted molar refractivity (Wildman–Crippen MR) is 136 cm³/mol. The minimum absolute atomic E-state index is 0.0943. The van der Waals surface area contributed by atoms with Gasteiger partial charge < -0.3 is 15.3 Å². The first-order valence-corrected chi connectivity index (χ1v) is 13.5. The summed E-state index contributed by atoms with van der Waals surface area (Å²) in [6.45, 7) is 14.5. The maximum absolute atomic E-state index is 13.0. The van der Waals surface area contributed by atoms with E-state index in [2.05, 4.69) is 40.3 Å². The third kappa shape index (κ3) is 6.69. The van der Waals surface area contributed by atoms with Crippen molar-refractivity contribution in [1.29, 1.82) is 0 Å². The summed E-state index contributed by atoms with van der Waals surface area (Å²) in [5.41, 5.74) is -3.43. The van der Waals surface area contributed by atoms with Gasteiger partial charge in [-0.15, -0.1) is 0 Å². The molecule has 3 nitrogen and oxygen atoms in total. The van der Waals surface area contributed by atoms with E-state index >= 15 is 0 Å². The van der Waals surface area contributed by atoms with E-state index in [-0.39, 0.29) is 47.8 Å². The van der Waals surface area contributed by atoms with Crippen molar-refractivity contribution >= 4 is 0 Å². The number of hydrogen-bond acceptors (Lipinski definition) is 3. The van der Waals surface area contributed by atoms with Crippen molar-refractivity contribution in [1.82, 2.24) is 0 Å². The van der Waals surface area contributed by atoms with E-state index in [0.717, 1.165) is 18.4 Å². The highest BCUT2D eigenvalue weighted by atomic mass is 19.4.